The van der Waals surface area contributed by atoms with Gasteiger partial charge in [0.15, 0.2) is 0 Å². The Morgan fingerprint density at radius 3 is 2.85 bits per heavy atom. The predicted molar refractivity (Wildman–Crippen MR) is 99.8 cm³/mol. The van der Waals surface area contributed by atoms with Gasteiger partial charge < -0.3 is 15.1 Å². The lowest BCUT2D eigenvalue weighted by molar-refractivity contribution is -0.121. The summed E-state index contributed by atoms with van der Waals surface area (Å²) < 4.78 is 0. The third-order valence-electron chi connectivity index (χ3n) is 5.72. The highest BCUT2D eigenvalue weighted by Gasteiger charge is 2.49. The average Bonchev–Trinajstić information content (AvgIpc) is 2.94. The second kappa shape index (κ2) is 6.36. The van der Waals surface area contributed by atoms with Crippen molar-refractivity contribution in [2.45, 2.75) is 18.9 Å². The molecule has 2 atom stereocenters. The molecule has 0 spiro atoms. The summed E-state index contributed by atoms with van der Waals surface area (Å²) in [7, 11) is 2.07. The smallest absolute Gasteiger partial charge is 0.273 e. The van der Waals surface area contributed by atoms with E-state index in [1.54, 1.807) is 13.1 Å². The fourth-order valence-corrected chi connectivity index (χ4v) is 4.61. The van der Waals surface area contributed by atoms with Crippen LogP contribution < -0.4 is 5.32 Å². The number of carbonyl (C=O) groups is 2. The van der Waals surface area contributed by atoms with E-state index < -0.39 is 0 Å². The molecule has 2 aliphatic heterocycles. The molecule has 0 saturated carbocycles. The predicted octanol–water partition coefficient (Wildman–Crippen LogP) is 1.52. The molecular weight excluding hydrogens is 328 g/mol. The zero-order chi connectivity index (χ0) is 18.3. The van der Waals surface area contributed by atoms with Gasteiger partial charge in [0.25, 0.3) is 5.91 Å². The van der Waals surface area contributed by atoms with Crippen LogP contribution in [0, 0.1) is 5.92 Å². The molecule has 2 amide bonds. The second-order valence-corrected chi connectivity index (χ2v) is 7.61. The number of carbonyl (C=O) groups excluding carboxylic acids is 2. The van der Waals surface area contributed by atoms with E-state index in [0.717, 1.165) is 30.3 Å². The number of nitrogens with zero attached hydrogens (tertiary/aromatic N) is 3. The molecule has 6 nitrogen and oxygen atoms in total. The standard InChI is InChI=1S/C20H24N4O2/c1-14(25)22-20-8-10-24(12-16(20)11-23(2)13-20)19(26)18-17-6-4-3-5-15(17)7-9-21-18/h3-7,9,16H,8,10-13H2,1-2H3,(H,22,25)/t16-,20+/m0/s1. The van der Waals surface area contributed by atoms with Gasteiger partial charge in [-0.25, -0.2) is 0 Å². The first-order valence-electron chi connectivity index (χ1n) is 9.09. The summed E-state index contributed by atoms with van der Waals surface area (Å²) in [6, 6.07) is 9.77. The van der Waals surface area contributed by atoms with Gasteiger partial charge in [0.2, 0.25) is 5.91 Å². The Balaban J connectivity index is 1.60. The third-order valence-corrected chi connectivity index (χ3v) is 5.72. The minimum atomic E-state index is -0.219. The van der Waals surface area contributed by atoms with Gasteiger partial charge >= 0.3 is 0 Å². The maximum atomic E-state index is 13.2. The van der Waals surface area contributed by atoms with Gasteiger partial charge in [-0.1, -0.05) is 24.3 Å². The normalized spacial score (nSPS) is 25.9. The van der Waals surface area contributed by atoms with Crippen molar-refractivity contribution in [3.63, 3.8) is 0 Å². The second-order valence-electron chi connectivity index (χ2n) is 7.61. The van der Waals surface area contributed by atoms with Crippen molar-refractivity contribution in [2.24, 2.45) is 5.92 Å². The van der Waals surface area contributed by atoms with Gasteiger partial charge in [-0.05, 0) is 24.9 Å². The van der Waals surface area contributed by atoms with E-state index in [4.69, 9.17) is 0 Å². The van der Waals surface area contributed by atoms with Gasteiger partial charge in [0.05, 0.1) is 5.54 Å². The Labute approximate surface area is 153 Å². The molecule has 0 aliphatic carbocycles. The van der Waals surface area contributed by atoms with Crippen LogP contribution in [0.1, 0.15) is 23.8 Å². The number of likely N-dealkylation sites (tertiary alicyclic amines) is 2. The van der Waals surface area contributed by atoms with E-state index in [-0.39, 0.29) is 23.3 Å². The number of fused-ring (bicyclic) bond motifs is 2. The zero-order valence-electron chi connectivity index (χ0n) is 15.2. The van der Waals surface area contributed by atoms with Crippen molar-refractivity contribution >= 4 is 22.6 Å². The number of benzene rings is 1. The van der Waals surface area contributed by atoms with Gasteiger partial charge in [0.1, 0.15) is 5.69 Å². The SMILES string of the molecule is CC(=O)N[C@@]12CCN(C(=O)c3nccc4ccccc34)C[C@@H]1CN(C)C2. The maximum Gasteiger partial charge on any atom is 0.273 e. The molecule has 0 unspecified atom stereocenters. The molecule has 2 aliphatic rings. The molecule has 1 aromatic heterocycles. The molecule has 2 saturated heterocycles. The topological polar surface area (TPSA) is 65.5 Å². The number of aromatic nitrogens is 1. The molecule has 2 fully saturated rings. The molecule has 0 radical (unpaired) electrons. The summed E-state index contributed by atoms with van der Waals surface area (Å²) >= 11 is 0. The highest BCUT2D eigenvalue weighted by Crippen LogP contribution is 2.35. The lowest BCUT2D eigenvalue weighted by Gasteiger charge is -2.43. The first kappa shape index (κ1) is 17.0. The van der Waals surface area contributed by atoms with Gasteiger partial charge in [-0.3, -0.25) is 14.6 Å². The van der Waals surface area contributed by atoms with Gasteiger partial charge in [-0.15, -0.1) is 0 Å². The monoisotopic (exact) mass is 352 g/mol. The Morgan fingerprint density at radius 2 is 2.04 bits per heavy atom. The number of nitrogens with one attached hydrogen (secondary N) is 1. The molecule has 6 heteroatoms. The summed E-state index contributed by atoms with van der Waals surface area (Å²) in [6.07, 6.45) is 2.47. The van der Waals surface area contributed by atoms with E-state index in [1.165, 1.54) is 0 Å². The molecular formula is C20H24N4O2. The average molecular weight is 352 g/mol. The number of piperidine rings is 1. The van der Waals surface area contributed by atoms with E-state index in [9.17, 15) is 9.59 Å². The molecule has 1 aromatic carbocycles. The van der Waals surface area contributed by atoms with Crippen LogP contribution in [0.3, 0.4) is 0 Å². The van der Waals surface area contributed by atoms with Crippen LogP contribution in [0.4, 0.5) is 0 Å². The van der Waals surface area contributed by atoms with Crippen LogP contribution in [0.5, 0.6) is 0 Å². The number of amides is 2. The van der Waals surface area contributed by atoms with E-state index >= 15 is 0 Å². The van der Waals surface area contributed by atoms with Gasteiger partial charge in [0, 0.05) is 50.6 Å². The van der Waals surface area contributed by atoms with Crippen molar-refractivity contribution in [1.29, 1.82) is 0 Å². The molecule has 4 rings (SSSR count). The van der Waals surface area contributed by atoms with Gasteiger partial charge in [-0.2, -0.15) is 0 Å². The Morgan fingerprint density at radius 1 is 1.23 bits per heavy atom. The lowest BCUT2D eigenvalue weighted by atomic mass is 9.80. The Bertz CT molecular complexity index is 863. The van der Waals surface area contributed by atoms with Crippen molar-refractivity contribution in [3.8, 4) is 0 Å². The maximum absolute atomic E-state index is 13.2. The minimum Gasteiger partial charge on any atom is -0.349 e. The first-order chi connectivity index (χ1) is 12.5. The number of rotatable bonds is 2. The van der Waals surface area contributed by atoms with Crippen molar-refractivity contribution in [2.75, 3.05) is 33.2 Å². The summed E-state index contributed by atoms with van der Waals surface area (Å²) in [4.78, 5) is 33.4. The molecule has 136 valence electrons. The lowest BCUT2D eigenvalue weighted by Crippen LogP contribution is -2.61. The molecule has 3 heterocycles. The van der Waals surface area contributed by atoms with Crippen LogP contribution in [0.2, 0.25) is 0 Å². The summed E-state index contributed by atoms with van der Waals surface area (Å²) in [5.74, 6) is 0.220. The van der Waals surface area contributed by atoms with Crippen LogP contribution in [-0.2, 0) is 4.79 Å². The van der Waals surface area contributed by atoms with Crippen molar-refractivity contribution < 1.29 is 9.59 Å². The summed E-state index contributed by atoms with van der Waals surface area (Å²) in [5.41, 5.74) is 0.297. The van der Waals surface area contributed by atoms with E-state index in [2.05, 4.69) is 22.2 Å². The van der Waals surface area contributed by atoms with Crippen LogP contribution in [0.25, 0.3) is 10.8 Å². The third kappa shape index (κ3) is 2.84. The van der Waals surface area contributed by atoms with E-state index in [1.807, 2.05) is 35.2 Å². The quantitative estimate of drug-likeness (QED) is 0.890. The van der Waals surface area contributed by atoms with E-state index in [0.29, 0.717) is 18.8 Å². The van der Waals surface area contributed by atoms with Crippen LogP contribution in [0.15, 0.2) is 36.5 Å². The Kier molecular flexibility index (Phi) is 4.15. The largest absolute Gasteiger partial charge is 0.349 e. The Hall–Kier alpha value is -2.47. The number of likely N-dealkylation sites (N-methyl/N-ethyl adjacent to an activating group) is 1. The van der Waals surface area contributed by atoms with Crippen LogP contribution >= 0.6 is 0 Å². The first-order valence-corrected chi connectivity index (χ1v) is 9.09. The molecule has 26 heavy (non-hydrogen) atoms. The molecule has 0 bridgehead atoms. The zero-order valence-corrected chi connectivity index (χ0v) is 15.2. The van der Waals surface area contributed by atoms with Crippen LogP contribution in [-0.4, -0.2) is 65.4 Å². The highest BCUT2D eigenvalue weighted by molar-refractivity contribution is 6.05. The molecule has 1 N–H and O–H groups in total. The number of pyridine rings is 1. The molecule has 2 aromatic rings. The summed E-state index contributed by atoms with van der Waals surface area (Å²) in [6.45, 7) is 4.57. The fraction of sp³-hybridized carbons (Fsp3) is 0.450. The number of hydrogen-bond acceptors (Lipinski definition) is 4. The fourth-order valence-electron chi connectivity index (χ4n) is 4.61. The highest BCUT2D eigenvalue weighted by atomic mass is 16.2. The minimum absolute atomic E-state index is 0.000738. The van der Waals surface area contributed by atoms with Crippen molar-refractivity contribution in [1.82, 2.24) is 20.1 Å². The summed E-state index contributed by atoms with van der Waals surface area (Å²) in [5, 5.41) is 5.10. The van der Waals surface area contributed by atoms with Crippen molar-refractivity contribution in [3.05, 3.63) is 42.2 Å². The number of hydrogen-bond donors (Lipinski definition) is 1.